The smallest absolute Gasteiger partial charge is 0.271 e. The molecule has 8 heteroatoms. The van der Waals surface area contributed by atoms with E-state index in [4.69, 9.17) is 16.3 Å². The zero-order chi connectivity index (χ0) is 21.3. The summed E-state index contributed by atoms with van der Waals surface area (Å²) in [5, 5.41) is 17.6. The van der Waals surface area contributed by atoms with Crippen molar-refractivity contribution >= 4 is 35.4 Å². The molecule has 0 heterocycles. The predicted octanol–water partition coefficient (Wildman–Crippen LogP) is 5.76. The second-order valence-electron chi connectivity index (χ2n) is 6.95. The fraction of sp³-hybridized carbons (Fsp3) is 0.217. The van der Waals surface area contributed by atoms with Gasteiger partial charge in [0.2, 0.25) is 0 Å². The maximum atomic E-state index is 10.8. The molecule has 0 saturated carbocycles. The molecule has 0 aliphatic heterocycles. The van der Waals surface area contributed by atoms with E-state index in [1.807, 2.05) is 24.3 Å². The quantitative estimate of drug-likeness (QED) is 0.228. The number of nitrogens with one attached hydrogen (secondary N) is 2. The minimum absolute atomic E-state index is 0. The van der Waals surface area contributed by atoms with Crippen LogP contribution in [0.15, 0.2) is 66.7 Å². The average Bonchev–Trinajstić information content (AvgIpc) is 2.74. The highest BCUT2D eigenvalue weighted by Crippen LogP contribution is 2.26. The van der Waals surface area contributed by atoms with Crippen molar-refractivity contribution in [3.05, 3.63) is 98.6 Å². The minimum atomic E-state index is -0.462. The number of benzene rings is 3. The van der Waals surface area contributed by atoms with Crippen LogP contribution in [0.25, 0.3) is 0 Å². The van der Waals surface area contributed by atoms with Crippen LogP contribution in [-0.2, 0) is 13.2 Å². The van der Waals surface area contributed by atoms with Crippen LogP contribution in [0, 0.1) is 17.0 Å². The van der Waals surface area contributed by atoms with Gasteiger partial charge < -0.3 is 15.4 Å². The predicted molar refractivity (Wildman–Crippen MR) is 128 cm³/mol. The van der Waals surface area contributed by atoms with Crippen LogP contribution in [0.2, 0.25) is 5.02 Å². The van der Waals surface area contributed by atoms with Crippen LogP contribution in [-0.4, -0.2) is 18.0 Å². The Bertz CT molecular complexity index is 998. The largest absolute Gasteiger partial charge is 0.489 e. The zero-order valence-electron chi connectivity index (χ0n) is 17.1. The van der Waals surface area contributed by atoms with Gasteiger partial charge in [-0.15, -0.1) is 12.4 Å². The van der Waals surface area contributed by atoms with Crippen LogP contribution in [0.1, 0.15) is 16.7 Å². The summed E-state index contributed by atoms with van der Waals surface area (Å²) in [5.74, 6) is 0.839. The molecular weight excluding hydrogens is 437 g/mol. The van der Waals surface area contributed by atoms with E-state index in [0.29, 0.717) is 37.0 Å². The lowest BCUT2D eigenvalue weighted by molar-refractivity contribution is -0.384. The molecule has 0 atom stereocenters. The molecule has 0 unspecified atom stereocenters. The first-order chi connectivity index (χ1) is 14.5. The van der Waals surface area contributed by atoms with Crippen molar-refractivity contribution in [2.75, 3.05) is 18.4 Å². The molecule has 3 aromatic rings. The molecule has 0 fully saturated rings. The first-order valence-electron chi connectivity index (χ1n) is 9.67. The second-order valence-corrected chi connectivity index (χ2v) is 7.35. The van der Waals surface area contributed by atoms with Gasteiger partial charge >= 0.3 is 0 Å². The van der Waals surface area contributed by atoms with E-state index >= 15 is 0 Å². The Morgan fingerprint density at radius 1 is 1.00 bits per heavy atom. The molecule has 6 nitrogen and oxygen atoms in total. The van der Waals surface area contributed by atoms with Crippen LogP contribution >= 0.6 is 24.0 Å². The highest BCUT2D eigenvalue weighted by atomic mass is 35.5. The molecule has 0 aliphatic rings. The second kappa shape index (κ2) is 12.2. The maximum absolute atomic E-state index is 10.8. The number of halogens is 2. The maximum Gasteiger partial charge on any atom is 0.271 e. The molecule has 0 aliphatic carbocycles. The molecule has 0 radical (unpaired) electrons. The zero-order valence-corrected chi connectivity index (χ0v) is 18.7. The topological polar surface area (TPSA) is 76.4 Å². The van der Waals surface area contributed by atoms with E-state index in [-0.39, 0.29) is 18.1 Å². The van der Waals surface area contributed by atoms with Crippen LogP contribution < -0.4 is 15.4 Å². The van der Waals surface area contributed by atoms with Crippen molar-refractivity contribution in [1.29, 1.82) is 0 Å². The number of rotatable bonds is 10. The normalized spacial score (nSPS) is 10.3. The van der Waals surface area contributed by atoms with E-state index < -0.39 is 4.92 Å². The van der Waals surface area contributed by atoms with Gasteiger partial charge in [0.05, 0.1) is 15.6 Å². The first-order valence-corrected chi connectivity index (χ1v) is 10.0. The number of nitro groups is 1. The van der Waals surface area contributed by atoms with Gasteiger partial charge in [0.15, 0.2) is 0 Å². The SMILES string of the molecule is Cc1ccc(COc2cccc(CNCCNc3ccc([N+](=O)[O-])cc3Cl)c2)cc1.Cl. The Hall–Kier alpha value is -2.80. The molecular formula is C23H25Cl2N3O3. The molecule has 2 N–H and O–H groups in total. The van der Waals surface area contributed by atoms with Gasteiger partial charge in [0, 0.05) is 31.8 Å². The summed E-state index contributed by atoms with van der Waals surface area (Å²) >= 11 is 6.08. The van der Waals surface area contributed by atoms with Crippen molar-refractivity contribution < 1.29 is 9.66 Å². The van der Waals surface area contributed by atoms with Crippen molar-refractivity contribution in [2.24, 2.45) is 0 Å². The Balaban J connectivity index is 0.00000341. The Morgan fingerprint density at radius 3 is 2.48 bits per heavy atom. The molecule has 0 aromatic heterocycles. The Morgan fingerprint density at radius 2 is 1.77 bits per heavy atom. The van der Waals surface area contributed by atoms with Gasteiger partial charge in [-0.05, 0) is 36.2 Å². The van der Waals surface area contributed by atoms with Gasteiger partial charge in [-0.1, -0.05) is 53.6 Å². The van der Waals surface area contributed by atoms with E-state index in [2.05, 4.69) is 41.8 Å². The lowest BCUT2D eigenvalue weighted by Crippen LogP contribution is -2.21. The summed E-state index contributed by atoms with van der Waals surface area (Å²) in [6, 6.07) is 20.7. The standard InChI is InChI=1S/C23H24ClN3O3.ClH/c1-17-5-7-18(8-6-17)16-30-21-4-2-3-19(13-21)15-25-11-12-26-23-10-9-20(27(28)29)14-22(23)24;/h2-10,13-14,25-26H,11-12,15-16H2,1H3;1H. The summed E-state index contributed by atoms with van der Waals surface area (Å²) in [6.07, 6.45) is 0. The fourth-order valence-corrected chi connectivity index (χ4v) is 3.12. The Kier molecular flexibility index (Phi) is 9.59. The molecule has 31 heavy (non-hydrogen) atoms. The van der Waals surface area contributed by atoms with E-state index in [0.717, 1.165) is 16.9 Å². The number of hydrogen-bond donors (Lipinski definition) is 2. The van der Waals surface area contributed by atoms with Crippen LogP contribution in [0.5, 0.6) is 5.75 Å². The molecule has 0 amide bonds. The third-order valence-corrected chi connectivity index (χ3v) is 4.85. The molecule has 164 valence electrons. The van der Waals surface area contributed by atoms with Gasteiger partial charge in [-0.3, -0.25) is 10.1 Å². The van der Waals surface area contributed by atoms with Crippen LogP contribution in [0.3, 0.4) is 0 Å². The van der Waals surface area contributed by atoms with Crippen molar-refractivity contribution in [2.45, 2.75) is 20.1 Å². The third-order valence-electron chi connectivity index (χ3n) is 4.53. The summed E-state index contributed by atoms with van der Waals surface area (Å²) < 4.78 is 5.89. The summed E-state index contributed by atoms with van der Waals surface area (Å²) in [5.41, 5.74) is 4.16. The highest BCUT2D eigenvalue weighted by molar-refractivity contribution is 6.33. The van der Waals surface area contributed by atoms with Crippen molar-refractivity contribution in [3.63, 3.8) is 0 Å². The molecule has 0 saturated heterocycles. The lowest BCUT2D eigenvalue weighted by Gasteiger charge is -2.11. The summed E-state index contributed by atoms with van der Waals surface area (Å²) in [7, 11) is 0. The molecule has 3 aromatic carbocycles. The van der Waals surface area contributed by atoms with Gasteiger partial charge in [-0.2, -0.15) is 0 Å². The molecule has 0 bridgehead atoms. The van der Waals surface area contributed by atoms with E-state index in [9.17, 15) is 10.1 Å². The fourth-order valence-electron chi connectivity index (χ4n) is 2.88. The number of anilines is 1. The first kappa shape index (κ1) is 24.5. The van der Waals surface area contributed by atoms with E-state index in [1.54, 1.807) is 6.07 Å². The molecule has 3 rings (SSSR count). The number of non-ortho nitro benzene ring substituents is 1. The van der Waals surface area contributed by atoms with Crippen molar-refractivity contribution in [1.82, 2.24) is 5.32 Å². The van der Waals surface area contributed by atoms with Gasteiger partial charge in [-0.25, -0.2) is 0 Å². The summed E-state index contributed by atoms with van der Waals surface area (Å²) in [4.78, 5) is 10.3. The lowest BCUT2D eigenvalue weighted by atomic mass is 10.2. The van der Waals surface area contributed by atoms with E-state index in [1.165, 1.54) is 17.7 Å². The van der Waals surface area contributed by atoms with Gasteiger partial charge in [0.25, 0.3) is 5.69 Å². The number of aryl methyl sites for hydroxylation is 1. The Labute approximate surface area is 193 Å². The third kappa shape index (κ3) is 7.75. The highest BCUT2D eigenvalue weighted by Gasteiger charge is 2.08. The molecule has 0 spiro atoms. The number of nitrogens with zero attached hydrogens (tertiary/aromatic N) is 1. The number of nitro benzene ring substituents is 1. The number of hydrogen-bond acceptors (Lipinski definition) is 5. The van der Waals surface area contributed by atoms with Crippen LogP contribution in [0.4, 0.5) is 11.4 Å². The van der Waals surface area contributed by atoms with Gasteiger partial charge in [0.1, 0.15) is 12.4 Å². The summed E-state index contributed by atoms with van der Waals surface area (Å²) in [6.45, 7) is 4.66. The average molecular weight is 462 g/mol. The minimum Gasteiger partial charge on any atom is -0.489 e. The monoisotopic (exact) mass is 461 g/mol. The number of ether oxygens (including phenoxy) is 1. The van der Waals surface area contributed by atoms with Crippen molar-refractivity contribution in [3.8, 4) is 5.75 Å².